The highest BCUT2D eigenvalue weighted by Crippen LogP contribution is 2.29. The van der Waals surface area contributed by atoms with Crippen molar-refractivity contribution in [3.05, 3.63) is 24.0 Å². The van der Waals surface area contributed by atoms with Gasteiger partial charge in [-0.3, -0.25) is 9.78 Å². The van der Waals surface area contributed by atoms with E-state index in [1.165, 1.54) is 0 Å². The summed E-state index contributed by atoms with van der Waals surface area (Å²) in [6.07, 6.45) is 4.42. The molecule has 0 aliphatic heterocycles. The fourth-order valence-electron chi connectivity index (χ4n) is 1.69. The molecule has 0 spiro atoms. The lowest BCUT2D eigenvalue weighted by Crippen LogP contribution is -2.27. The van der Waals surface area contributed by atoms with Crippen LogP contribution in [0.15, 0.2) is 18.5 Å². The van der Waals surface area contributed by atoms with Crippen LogP contribution >= 0.6 is 0 Å². The lowest BCUT2D eigenvalue weighted by molar-refractivity contribution is 0.0950. The molecule has 4 nitrogen and oxygen atoms in total. The molecule has 4 heteroatoms. The normalized spacial score (nSPS) is 22.6. The number of nitrogens with one attached hydrogen (secondary N) is 2. The molecule has 1 aromatic rings. The van der Waals surface area contributed by atoms with Crippen molar-refractivity contribution in [3.63, 3.8) is 0 Å². The number of carbonyl (C=O) groups excluding carboxylic acids is 1. The first-order valence-corrected chi connectivity index (χ1v) is 5.71. The number of hydrogen-bond donors (Lipinski definition) is 2. The second-order valence-corrected chi connectivity index (χ2v) is 4.24. The number of pyridine rings is 1. The van der Waals surface area contributed by atoms with E-state index in [4.69, 9.17) is 0 Å². The average Bonchev–Trinajstić information content (AvgIpc) is 2.95. The first kappa shape index (κ1) is 10.9. The van der Waals surface area contributed by atoms with Crippen molar-refractivity contribution in [2.45, 2.75) is 26.3 Å². The van der Waals surface area contributed by atoms with Gasteiger partial charge in [0.15, 0.2) is 0 Å². The molecule has 0 aromatic carbocycles. The average molecular weight is 219 g/mol. The largest absolute Gasteiger partial charge is 0.383 e. The smallest absolute Gasteiger partial charge is 0.253 e. The van der Waals surface area contributed by atoms with Gasteiger partial charge in [0.25, 0.3) is 5.91 Å². The van der Waals surface area contributed by atoms with Crippen LogP contribution in [0.25, 0.3) is 0 Å². The van der Waals surface area contributed by atoms with Crippen molar-refractivity contribution in [2.24, 2.45) is 5.92 Å². The van der Waals surface area contributed by atoms with Crippen LogP contribution in [-0.2, 0) is 0 Å². The van der Waals surface area contributed by atoms with E-state index < -0.39 is 0 Å². The van der Waals surface area contributed by atoms with Gasteiger partial charge in [-0.15, -0.1) is 0 Å². The maximum atomic E-state index is 12.0. The number of rotatable bonds is 4. The van der Waals surface area contributed by atoms with Crippen LogP contribution in [0, 0.1) is 5.92 Å². The Morgan fingerprint density at radius 3 is 3.00 bits per heavy atom. The van der Waals surface area contributed by atoms with E-state index >= 15 is 0 Å². The van der Waals surface area contributed by atoms with Crippen LogP contribution in [0.3, 0.4) is 0 Å². The van der Waals surface area contributed by atoms with Crippen molar-refractivity contribution in [2.75, 3.05) is 11.9 Å². The Hall–Kier alpha value is -1.58. The summed E-state index contributed by atoms with van der Waals surface area (Å²) in [6, 6.07) is 2.11. The van der Waals surface area contributed by atoms with Crippen LogP contribution in [0.2, 0.25) is 0 Å². The lowest BCUT2D eigenvalue weighted by atomic mass is 10.2. The molecule has 86 valence electrons. The van der Waals surface area contributed by atoms with Gasteiger partial charge in [0.05, 0.1) is 17.4 Å². The van der Waals surface area contributed by atoms with E-state index in [9.17, 15) is 4.79 Å². The quantitative estimate of drug-likeness (QED) is 0.809. The molecule has 1 aromatic heterocycles. The van der Waals surface area contributed by atoms with Crippen LogP contribution in [0.5, 0.6) is 0 Å². The summed E-state index contributed by atoms with van der Waals surface area (Å²) in [5.74, 6) is 0.612. The SMILES string of the molecule is CCNc1cnccc1C(=O)NC1CC1C. The Kier molecular flexibility index (Phi) is 3.08. The minimum atomic E-state index is -0.00676. The van der Waals surface area contributed by atoms with Gasteiger partial charge in [0.1, 0.15) is 0 Å². The third-order valence-corrected chi connectivity index (χ3v) is 2.86. The van der Waals surface area contributed by atoms with Crippen LogP contribution < -0.4 is 10.6 Å². The number of aromatic nitrogens is 1. The lowest BCUT2D eigenvalue weighted by Gasteiger charge is -2.09. The predicted octanol–water partition coefficient (Wildman–Crippen LogP) is 1.65. The van der Waals surface area contributed by atoms with Gasteiger partial charge in [0.2, 0.25) is 0 Å². The first-order chi connectivity index (χ1) is 7.72. The van der Waals surface area contributed by atoms with E-state index in [1.807, 2.05) is 6.92 Å². The molecule has 1 aliphatic rings. The molecular weight excluding hydrogens is 202 g/mol. The molecule has 2 atom stereocenters. The highest BCUT2D eigenvalue weighted by Gasteiger charge is 2.34. The van der Waals surface area contributed by atoms with Crippen LogP contribution in [0.1, 0.15) is 30.6 Å². The Labute approximate surface area is 95.5 Å². The summed E-state index contributed by atoms with van der Waals surface area (Å²) in [4.78, 5) is 16.0. The molecule has 1 saturated carbocycles. The molecule has 0 bridgehead atoms. The Balaban J connectivity index is 2.09. The molecule has 16 heavy (non-hydrogen) atoms. The second kappa shape index (κ2) is 4.51. The summed E-state index contributed by atoms with van der Waals surface area (Å²) in [7, 11) is 0. The minimum Gasteiger partial charge on any atom is -0.383 e. The molecule has 0 radical (unpaired) electrons. The summed E-state index contributed by atoms with van der Waals surface area (Å²) < 4.78 is 0. The van der Waals surface area contributed by atoms with Crippen molar-refractivity contribution >= 4 is 11.6 Å². The Morgan fingerprint density at radius 2 is 2.38 bits per heavy atom. The number of amides is 1. The highest BCUT2D eigenvalue weighted by molar-refractivity contribution is 5.99. The van der Waals surface area contributed by atoms with Crippen molar-refractivity contribution in [3.8, 4) is 0 Å². The Bertz CT molecular complexity index is 392. The minimum absolute atomic E-state index is 0.00676. The molecule has 1 aliphatic carbocycles. The number of hydrogen-bond acceptors (Lipinski definition) is 3. The standard InChI is InChI=1S/C12H17N3O/c1-3-14-11-7-13-5-4-9(11)12(16)15-10-6-8(10)2/h4-5,7-8,10,14H,3,6H2,1-2H3,(H,15,16). The highest BCUT2D eigenvalue weighted by atomic mass is 16.1. The maximum Gasteiger partial charge on any atom is 0.253 e. The molecular formula is C12H17N3O. The van der Waals surface area contributed by atoms with Crippen molar-refractivity contribution in [1.82, 2.24) is 10.3 Å². The third kappa shape index (κ3) is 2.32. The van der Waals surface area contributed by atoms with E-state index in [1.54, 1.807) is 18.5 Å². The monoisotopic (exact) mass is 219 g/mol. The summed E-state index contributed by atoms with van der Waals surface area (Å²) >= 11 is 0. The zero-order valence-corrected chi connectivity index (χ0v) is 9.66. The fraction of sp³-hybridized carbons (Fsp3) is 0.500. The van der Waals surface area contributed by atoms with Gasteiger partial charge in [0, 0.05) is 18.8 Å². The van der Waals surface area contributed by atoms with Gasteiger partial charge in [-0.2, -0.15) is 0 Å². The van der Waals surface area contributed by atoms with Gasteiger partial charge in [-0.1, -0.05) is 6.92 Å². The van der Waals surface area contributed by atoms with Gasteiger partial charge in [-0.05, 0) is 25.3 Å². The number of nitrogens with zero attached hydrogens (tertiary/aromatic N) is 1. The molecule has 2 unspecified atom stereocenters. The van der Waals surface area contributed by atoms with Crippen LogP contribution in [0.4, 0.5) is 5.69 Å². The van der Waals surface area contributed by atoms with Gasteiger partial charge < -0.3 is 10.6 Å². The van der Waals surface area contributed by atoms with E-state index in [0.29, 0.717) is 17.5 Å². The zero-order chi connectivity index (χ0) is 11.5. The fourth-order valence-corrected chi connectivity index (χ4v) is 1.69. The van der Waals surface area contributed by atoms with Gasteiger partial charge in [-0.25, -0.2) is 0 Å². The van der Waals surface area contributed by atoms with E-state index in [2.05, 4.69) is 22.5 Å². The molecule has 2 rings (SSSR count). The molecule has 2 N–H and O–H groups in total. The van der Waals surface area contributed by atoms with Crippen LogP contribution in [-0.4, -0.2) is 23.5 Å². The Morgan fingerprint density at radius 1 is 1.62 bits per heavy atom. The van der Waals surface area contributed by atoms with Crippen molar-refractivity contribution < 1.29 is 4.79 Å². The summed E-state index contributed by atoms with van der Waals surface area (Å²) in [6.45, 7) is 4.92. The second-order valence-electron chi connectivity index (χ2n) is 4.24. The molecule has 1 fully saturated rings. The molecule has 1 heterocycles. The predicted molar refractivity (Wildman–Crippen MR) is 63.4 cm³/mol. The van der Waals surface area contributed by atoms with Crippen molar-refractivity contribution in [1.29, 1.82) is 0 Å². The zero-order valence-electron chi connectivity index (χ0n) is 9.66. The first-order valence-electron chi connectivity index (χ1n) is 5.71. The topological polar surface area (TPSA) is 54.0 Å². The van der Waals surface area contributed by atoms with E-state index in [-0.39, 0.29) is 5.91 Å². The maximum absolute atomic E-state index is 12.0. The number of anilines is 1. The van der Waals surface area contributed by atoms with E-state index in [0.717, 1.165) is 18.7 Å². The third-order valence-electron chi connectivity index (χ3n) is 2.86. The van der Waals surface area contributed by atoms with Gasteiger partial charge >= 0.3 is 0 Å². The summed E-state index contributed by atoms with van der Waals surface area (Å²) in [5, 5.41) is 6.15. The molecule has 1 amide bonds. The summed E-state index contributed by atoms with van der Waals surface area (Å²) in [5.41, 5.74) is 1.48. The molecule has 0 saturated heterocycles. The number of carbonyl (C=O) groups is 1.